The molecule has 20 heavy (non-hydrogen) atoms. The molecule has 4 heteroatoms. The van der Waals surface area contributed by atoms with Crippen LogP contribution in [0.5, 0.6) is 0 Å². The topological polar surface area (TPSA) is 49.6 Å². The van der Waals surface area contributed by atoms with E-state index in [1.807, 2.05) is 24.1 Å². The fourth-order valence-corrected chi connectivity index (χ4v) is 2.68. The van der Waals surface area contributed by atoms with Gasteiger partial charge in [-0.3, -0.25) is 9.69 Å². The summed E-state index contributed by atoms with van der Waals surface area (Å²) in [7, 11) is 1.87. The third-order valence-corrected chi connectivity index (χ3v) is 4.00. The molecule has 1 fully saturated rings. The van der Waals surface area contributed by atoms with Gasteiger partial charge in [-0.25, -0.2) is 0 Å². The molecule has 0 saturated carbocycles. The molecule has 0 aliphatic carbocycles. The molecule has 1 saturated heterocycles. The minimum Gasteiger partial charge on any atom is -0.340 e. The van der Waals surface area contributed by atoms with Crippen molar-refractivity contribution >= 4 is 5.91 Å². The fraction of sp³-hybridized carbons (Fsp3) is 0.562. The Bertz CT molecular complexity index is 461. The van der Waals surface area contributed by atoms with Crippen LogP contribution in [0.3, 0.4) is 0 Å². The number of nitrogens with zero attached hydrogens (tertiary/aromatic N) is 2. The molecule has 1 aromatic carbocycles. The van der Waals surface area contributed by atoms with Gasteiger partial charge >= 0.3 is 0 Å². The monoisotopic (exact) mass is 275 g/mol. The molecule has 0 aromatic heterocycles. The van der Waals surface area contributed by atoms with E-state index in [0.717, 1.165) is 25.9 Å². The molecular formula is C16H25N3O. The summed E-state index contributed by atoms with van der Waals surface area (Å²) in [6, 6.07) is 8.42. The van der Waals surface area contributed by atoms with Crippen LogP contribution in [0.2, 0.25) is 0 Å². The van der Waals surface area contributed by atoms with E-state index >= 15 is 0 Å². The third-order valence-electron chi connectivity index (χ3n) is 4.00. The molecule has 2 rings (SSSR count). The van der Waals surface area contributed by atoms with Gasteiger partial charge in [0.25, 0.3) is 0 Å². The van der Waals surface area contributed by atoms with Crippen molar-refractivity contribution < 1.29 is 4.79 Å². The third kappa shape index (κ3) is 4.05. The summed E-state index contributed by atoms with van der Waals surface area (Å²) in [5, 5.41) is 0. The van der Waals surface area contributed by atoms with Gasteiger partial charge in [0.1, 0.15) is 0 Å². The number of nitrogens with two attached hydrogens (primary N) is 1. The van der Waals surface area contributed by atoms with Crippen LogP contribution in [-0.4, -0.2) is 48.4 Å². The van der Waals surface area contributed by atoms with Gasteiger partial charge in [0, 0.05) is 26.2 Å². The number of piperidine rings is 1. The maximum Gasteiger partial charge on any atom is 0.236 e. The summed E-state index contributed by atoms with van der Waals surface area (Å²) in [6.45, 7) is 5.06. The first-order chi connectivity index (χ1) is 9.56. The first-order valence-corrected chi connectivity index (χ1v) is 7.32. The van der Waals surface area contributed by atoms with Gasteiger partial charge in [-0.1, -0.05) is 24.3 Å². The number of carbonyl (C=O) groups is 1. The molecular weight excluding hydrogens is 250 g/mol. The summed E-state index contributed by atoms with van der Waals surface area (Å²) < 4.78 is 0. The zero-order valence-corrected chi connectivity index (χ0v) is 12.5. The maximum absolute atomic E-state index is 12.3. The minimum atomic E-state index is 0.169. The predicted molar refractivity (Wildman–Crippen MR) is 81.3 cm³/mol. The first-order valence-electron chi connectivity index (χ1n) is 7.32. The molecule has 2 N–H and O–H groups in total. The van der Waals surface area contributed by atoms with E-state index in [4.69, 9.17) is 5.73 Å². The molecule has 1 heterocycles. The van der Waals surface area contributed by atoms with Crippen LogP contribution < -0.4 is 5.73 Å². The van der Waals surface area contributed by atoms with E-state index in [1.165, 1.54) is 11.1 Å². The van der Waals surface area contributed by atoms with Crippen LogP contribution in [0.1, 0.15) is 24.0 Å². The SMILES string of the molecule is Cc1ccccc1CN(C)C(=O)CN1CCC[C@@H](N)C1. The van der Waals surface area contributed by atoms with Crippen molar-refractivity contribution in [2.24, 2.45) is 5.73 Å². The molecule has 110 valence electrons. The molecule has 1 aliphatic heterocycles. The average Bonchev–Trinajstić information content (AvgIpc) is 2.41. The van der Waals surface area contributed by atoms with Crippen molar-refractivity contribution in [1.82, 2.24) is 9.80 Å². The van der Waals surface area contributed by atoms with Crippen LogP contribution >= 0.6 is 0 Å². The van der Waals surface area contributed by atoms with Crippen molar-refractivity contribution in [3.8, 4) is 0 Å². The zero-order chi connectivity index (χ0) is 14.5. The van der Waals surface area contributed by atoms with Crippen LogP contribution in [0, 0.1) is 6.92 Å². The second-order valence-electron chi connectivity index (χ2n) is 5.81. The summed E-state index contributed by atoms with van der Waals surface area (Å²) in [5.41, 5.74) is 8.39. The highest BCUT2D eigenvalue weighted by Gasteiger charge is 2.20. The Kier molecular flexibility index (Phi) is 5.15. The predicted octanol–water partition coefficient (Wildman–Crippen LogP) is 1.38. The summed E-state index contributed by atoms with van der Waals surface area (Å²) in [6.07, 6.45) is 2.17. The van der Waals surface area contributed by atoms with Gasteiger partial charge < -0.3 is 10.6 Å². The molecule has 1 atom stereocenters. The Balaban J connectivity index is 1.87. The van der Waals surface area contributed by atoms with Crippen molar-refractivity contribution in [2.45, 2.75) is 32.4 Å². The zero-order valence-electron chi connectivity index (χ0n) is 12.5. The number of likely N-dealkylation sites (N-methyl/N-ethyl adjacent to an activating group) is 1. The molecule has 1 aliphatic rings. The Morgan fingerprint density at radius 1 is 1.45 bits per heavy atom. The normalized spacial score (nSPS) is 19.9. The second kappa shape index (κ2) is 6.86. The lowest BCUT2D eigenvalue weighted by Crippen LogP contribution is -2.47. The van der Waals surface area contributed by atoms with Crippen LogP contribution in [0.4, 0.5) is 0 Å². The van der Waals surface area contributed by atoms with Crippen LogP contribution in [0.15, 0.2) is 24.3 Å². The van der Waals surface area contributed by atoms with Gasteiger partial charge in [-0.2, -0.15) is 0 Å². The quantitative estimate of drug-likeness (QED) is 0.903. The molecule has 0 bridgehead atoms. The lowest BCUT2D eigenvalue weighted by molar-refractivity contribution is -0.131. The number of rotatable bonds is 4. The highest BCUT2D eigenvalue weighted by Crippen LogP contribution is 2.11. The second-order valence-corrected chi connectivity index (χ2v) is 5.81. The molecule has 1 aromatic rings. The Morgan fingerprint density at radius 3 is 2.90 bits per heavy atom. The number of likely N-dealkylation sites (tertiary alicyclic amines) is 1. The van der Waals surface area contributed by atoms with Crippen LogP contribution in [-0.2, 0) is 11.3 Å². The summed E-state index contributed by atoms with van der Waals surface area (Å²) in [4.78, 5) is 16.3. The molecule has 0 radical (unpaired) electrons. The minimum absolute atomic E-state index is 0.169. The summed E-state index contributed by atoms with van der Waals surface area (Å²) in [5.74, 6) is 0.169. The molecule has 1 amide bonds. The smallest absolute Gasteiger partial charge is 0.236 e. The number of carbonyl (C=O) groups excluding carboxylic acids is 1. The van der Waals surface area contributed by atoms with E-state index in [9.17, 15) is 4.79 Å². The first kappa shape index (κ1) is 15.0. The standard InChI is InChI=1S/C16H25N3O/c1-13-6-3-4-7-14(13)10-18(2)16(20)12-19-9-5-8-15(17)11-19/h3-4,6-7,15H,5,8-12,17H2,1-2H3/t15-/m1/s1. The van der Waals surface area contributed by atoms with Gasteiger partial charge in [0.15, 0.2) is 0 Å². The highest BCUT2D eigenvalue weighted by molar-refractivity contribution is 5.78. The van der Waals surface area contributed by atoms with Gasteiger partial charge in [0.2, 0.25) is 5.91 Å². The van der Waals surface area contributed by atoms with E-state index < -0.39 is 0 Å². The van der Waals surface area contributed by atoms with E-state index in [0.29, 0.717) is 13.1 Å². The van der Waals surface area contributed by atoms with Crippen LogP contribution in [0.25, 0.3) is 0 Å². The largest absolute Gasteiger partial charge is 0.340 e. The maximum atomic E-state index is 12.3. The number of amides is 1. The van der Waals surface area contributed by atoms with Gasteiger partial charge in [0.05, 0.1) is 6.54 Å². The number of hydrogen-bond donors (Lipinski definition) is 1. The van der Waals surface area contributed by atoms with Crippen molar-refractivity contribution in [1.29, 1.82) is 0 Å². The number of aryl methyl sites for hydroxylation is 1. The molecule has 4 nitrogen and oxygen atoms in total. The number of hydrogen-bond acceptors (Lipinski definition) is 3. The average molecular weight is 275 g/mol. The van der Waals surface area contributed by atoms with E-state index in [-0.39, 0.29) is 11.9 Å². The summed E-state index contributed by atoms with van der Waals surface area (Å²) >= 11 is 0. The lowest BCUT2D eigenvalue weighted by Gasteiger charge is -2.31. The Labute approximate surface area is 121 Å². The van der Waals surface area contributed by atoms with Crippen molar-refractivity contribution in [3.63, 3.8) is 0 Å². The molecule has 0 unspecified atom stereocenters. The number of benzene rings is 1. The van der Waals surface area contributed by atoms with Crippen molar-refractivity contribution in [3.05, 3.63) is 35.4 Å². The van der Waals surface area contributed by atoms with Gasteiger partial charge in [-0.15, -0.1) is 0 Å². The Morgan fingerprint density at radius 2 is 2.20 bits per heavy atom. The lowest BCUT2D eigenvalue weighted by atomic mass is 10.1. The highest BCUT2D eigenvalue weighted by atomic mass is 16.2. The van der Waals surface area contributed by atoms with Gasteiger partial charge in [-0.05, 0) is 37.4 Å². The van der Waals surface area contributed by atoms with Crippen molar-refractivity contribution in [2.75, 3.05) is 26.7 Å². The molecule has 0 spiro atoms. The van der Waals surface area contributed by atoms with E-state index in [2.05, 4.69) is 24.0 Å². The fourth-order valence-electron chi connectivity index (χ4n) is 2.68. The Hall–Kier alpha value is -1.39. The van der Waals surface area contributed by atoms with E-state index in [1.54, 1.807) is 0 Å².